The van der Waals surface area contributed by atoms with Crippen LogP contribution in [0.2, 0.25) is 0 Å². The lowest BCUT2D eigenvalue weighted by atomic mass is 9.78. The average molecular weight is 557 g/mol. The highest BCUT2D eigenvalue weighted by Crippen LogP contribution is 2.47. The van der Waals surface area contributed by atoms with E-state index in [0.717, 1.165) is 28.1 Å². The number of allylic oxidation sites excluding steroid dienone is 1. The van der Waals surface area contributed by atoms with E-state index in [1.807, 2.05) is 66.7 Å². The quantitative estimate of drug-likeness (QED) is 0.270. The maximum absolute atomic E-state index is 14.3. The summed E-state index contributed by atoms with van der Waals surface area (Å²) >= 11 is 0. The van der Waals surface area contributed by atoms with Crippen molar-refractivity contribution in [3.05, 3.63) is 142 Å². The van der Waals surface area contributed by atoms with Gasteiger partial charge in [-0.15, -0.1) is 0 Å². The number of ether oxygens (including phenoxy) is 1. The maximum atomic E-state index is 14.3. The summed E-state index contributed by atoms with van der Waals surface area (Å²) in [7, 11) is 1.34. The predicted molar refractivity (Wildman–Crippen MR) is 163 cm³/mol. The van der Waals surface area contributed by atoms with E-state index in [-0.39, 0.29) is 24.0 Å². The van der Waals surface area contributed by atoms with Crippen LogP contribution in [-0.4, -0.2) is 24.8 Å². The first-order valence-corrected chi connectivity index (χ1v) is 14.2. The van der Waals surface area contributed by atoms with E-state index in [4.69, 9.17) is 4.74 Å². The van der Waals surface area contributed by atoms with Gasteiger partial charge >= 0.3 is 5.97 Å². The van der Waals surface area contributed by atoms with Gasteiger partial charge in [0.15, 0.2) is 5.78 Å². The number of amides is 1. The second-order valence-corrected chi connectivity index (χ2v) is 10.9. The third kappa shape index (κ3) is 5.23. The summed E-state index contributed by atoms with van der Waals surface area (Å²) in [6.07, 6.45) is 1.15. The smallest absolute Gasteiger partial charge is 0.337 e. The summed E-state index contributed by atoms with van der Waals surface area (Å²) in [5.41, 5.74) is 7.22. The molecule has 6 heteroatoms. The molecule has 2 aliphatic rings. The number of hydrogen-bond acceptors (Lipinski definition) is 5. The Balaban J connectivity index is 1.51. The zero-order valence-electron chi connectivity index (χ0n) is 23.7. The van der Waals surface area contributed by atoms with Crippen LogP contribution >= 0.6 is 0 Å². The van der Waals surface area contributed by atoms with Crippen molar-refractivity contribution in [1.82, 2.24) is 0 Å². The van der Waals surface area contributed by atoms with E-state index in [1.165, 1.54) is 12.7 Å². The van der Waals surface area contributed by atoms with Crippen LogP contribution in [0.5, 0.6) is 0 Å². The van der Waals surface area contributed by atoms with E-state index in [9.17, 15) is 14.4 Å². The van der Waals surface area contributed by atoms with Crippen molar-refractivity contribution in [1.29, 1.82) is 0 Å². The molecule has 1 amide bonds. The molecule has 1 aliphatic carbocycles. The van der Waals surface area contributed by atoms with Crippen LogP contribution < -0.4 is 10.2 Å². The van der Waals surface area contributed by atoms with Crippen LogP contribution in [0.25, 0.3) is 0 Å². The van der Waals surface area contributed by atoms with Crippen molar-refractivity contribution in [3.8, 4) is 0 Å². The Hall–Kier alpha value is -4.97. The molecule has 1 N–H and O–H groups in total. The molecule has 6 rings (SSSR count). The molecular formula is C36H32N2O4. The molecule has 0 radical (unpaired) electrons. The molecule has 0 fully saturated rings. The second-order valence-electron chi connectivity index (χ2n) is 10.9. The van der Waals surface area contributed by atoms with E-state index in [2.05, 4.69) is 36.5 Å². The van der Waals surface area contributed by atoms with Crippen LogP contribution in [0, 0.1) is 6.92 Å². The SMILES string of the molecule is COC(=O)c1ccc([C@@H]2C3=C(C[C@H](c4ccc(C)cc4)CC3=O)Nc3ccccc3N2C(=O)Cc2ccccc2)cc1. The van der Waals surface area contributed by atoms with Gasteiger partial charge in [0.2, 0.25) is 5.91 Å². The summed E-state index contributed by atoms with van der Waals surface area (Å²) in [6, 6.07) is 32.0. The van der Waals surface area contributed by atoms with Gasteiger partial charge in [-0.1, -0.05) is 84.4 Å². The van der Waals surface area contributed by atoms with E-state index < -0.39 is 12.0 Å². The fraction of sp³-hybridized carbons (Fsp3) is 0.194. The zero-order valence-corrected chi connectivity index (χ0v) is 23.7. The molecule has 0 bridgehead atoms. The van der Waals surface area contributed by atoms with E-state index in [0.29, 0.717) is 29.7 Å². The third-order valence-corrected chi connectivity index (χ3v) is 8.15. The minimum Gasteiger partial charge on any atom is -0.465 e. The summed E-state index contributed by atoms with van der Waals surface area (Å²) in [5.74, 6) is -0.548. The van der Waals surface area contributed by atoms with Gasteiger partial charge in [-0.25, -0.2) is 4.79 Å². The molecular weight excluding hydrogens is 524 g/mol. The predicted octanol–water partition coefficient (Wildman–Crippen LogP) is 6.92. The Morgan fingerprint density at radius 2 is 1.50 bits per heavy atom. The Morgan fingerprint density at radius 1 is 0.833 bits per heavy atom. The van der Waals surface area contributed by atoms with Gasteiger partial charge in [-0.3, -0.25) is 14.5 Å². The molecule has 2 atom stereocenters. The number of benzene rings is 4. The molecule has 4 aromatic carbocycles. The third-order valence-electron chi connectivity index (χ3n) is 8.15. The normalized spacial score (nSPS) is 18.0. The van der Waals surface area contributed by atoms with Crippen molar-refractivity contribution < 1.29 is 19.1 Å². The maximum Gasteiger partial charge on any atom is 0.337 e. The number of nitrogens with zero attached hydrogens (tertiary/aromatic N) is 1. The minimum atomic E-state index is -0.675. The van der Waals surface area contributed by atoms with Gasteiger partial charge in [0.1, 0.15) is 0 Å². The van der Waals surface area contributed by atoms with E-state index in [1.54, 1.807) is 17.0 Å². The van der Waals surface area contributed by atoms with Gasteiger partial charge in [0.25, 0.3) is 0 Å². The monoisotopic (exact) mass is 556 g/mol. The van der Waals surface area contributed by atoms with Crippen LogP contribution in [0.15, 0.2) is 114 Å². The van der Waals surface area contributed by atoms with Crippen molar-refractivity contribution in [3.63, 3.8) is 0 Å². The number of ketones is 1. The number of hydrogen-bond donors (Lipinski definition) is 1. The number of Topliss-reactive ketones (excluding diaryl/α,β-unsaturated/α-hetero) is 1. The number of methoxy groups -OCH3 is 1. The molecule has 4 aromatic rings. The fourth-order valence-corrected chi connectivity index (χ4v) is 6.03. The average Bonchev–Trinajstić information content (AvgIpc) is 3.16. The summed E-state index contributed by atoms with van der Waals surface area (Å²) in [5, 5.41) is 3.58. The van der Waals surface area contributed by atoms with Gasteiger partial charge in [0, 0.05) is 17.7 Å². The standard InChI is InChI=1S/C36H32N2O4/c1-23-12-14-25(15-13-23)28-21-30-34(32(39)22-28)35(26-16-18-27(19-17-26)36(41)42-2)38(31-11-7-6-10-29(31)37-30)33(40)20-24-8-4-3-5-9-24/h3-19,28,35,37H,20-22H2,1-2H3/t28-,35+/m0/s1. The lowest BCUT2D eigenvalue weighted by molar-refractivity contribution is -0.118. The number of carbonyl (C=O) groups excluding carboxylic acids is 3. The first-order valence-electron chi connectivity index (χ1n) is 14.2. The number of anilines is 2. The Bertz CT molecular complexity index is 1670. The number of aryl methyl sites for hydroxylation is 1. The Kier molecular flexibility index (Phi) is 7.44. The summed E-state index contributed by atoms with van der Waals surface area (Å²) in [6.45, 7) is 2.05. The largest absolute Gasteiger partial charge is 0.465 e. The second kappa shape index (κ2) is 11.5. The molecule has 42 heavy (non-hydrogen) atoms. The zero-order chi connectivity index (χ0) is 29.2. The number of carbonyl (C=O) groups is 3. The number of para-hydroxylation sites is 2. The van der Waals surface area contributed by atoms with Crippen molar-refractivity contribution in [2.45, 2.75) is 38.1 Å². The highest BCUT2D eigenvalue weighted by atomic mass is 16.5. The number of rotatable bonds is 5. The number of esters is 1. The first-order chi connectivity index (χ1) is 20.4. The lowest BCUT2D eigenvalue weighted by Crippen LogP contribution is -2.39. The van der Waals surface area contributed by atoms with Crippen molar-refractivity contribution >= 4 is 29.0 Å². The molecule has 0 saturated carbocycles. The minimum absolute atomic E-state index is 0.00156. The highest BCUT2D eigenvalue weighted by Gasteiger charge is 2.41. The first kappa shape index (κ1) is 27.2. The van der Waals surface area contributed by atoms with E-state index >= 15 is 0 Å². The van der Waals surface area contributed by atoms with Crippen LogP contribution in [0.3, 0.4) is 0 Å². The van der Waals surface area contributed by atoms with Gasteiger partial charge in [-0.05, 0) is 60.2 Å². The van der Waals surface area contributed by atoms with Crippen LogP contribution in [0.4, 0.5) is 11.4 Å². The lowest BCUT2D eigenvalue weighted by Gasteiger charge is -2.35. The topological polar surface area (TPSA) is 75.7 Å². The van der Waals surface area contributed by atoms with Crippen molar-refractivity contribution in [2.24, 2.45) is 0 Å². The molecule has 6 nitrogen and oxygen atoms in total. The van der Waals surface area contributed by atoms with Gasteiger partial charge in [0.05, 0.1) is 36.5 Å². The fourth-order valence-electron chi connectivity index (χ4n) is 6.03. The molecule has 1 aliphatic heterocycles. The molecule has 1 heterocycles. The molecule has 0 saturated heterocycles. The molecule has 0 spiro atoms. The number of nitrogens with one attached hydrogen (secondary N) is 1. The van der Waals surface area contributed by atoms with Crippen LogP contribution in [0.1, 0.15) is 57.4 Å². The van der Waals surface area contributed by atoms with Crippen LogP contribution in [-0.2, 0) is 20.7 Å². The molecule has 0 unspecified atom stereocenters. The Labute approximate surface area is 245 Å². The summed E-state index contributed by atoms with van der Waals surface area (Å²) < 4.78 is 4.90. The van der Waals surface area contributed by atoms with Gasteiger partial charge < -0.3 is 10.1 Å². The number of fused-ring (bicyclic) bond motifs is 1. The summed E-state index contributed by atoms with van der Waals surface area (Å²) in [4.78, 5) is 42.4. The molecule has 210 valence electrons. The van der Waals surface area contributed by atoms with Crippen molar-refractivity contribution in [2.75, 3.05) is 17.3 Å². The molecule has 0 aromatic heterocycles. The highest BCUT2D eigenvalue weighted by molar-refractivity contribution is 6.07. The van der Waals surface area contributed by atoms with Gasteiger partial charge in [-0.2, -0.15) is 0 Å². The Morgan fingerprint density at radius 3 is 2.21 bits per heavy atom.